The number of hydrogen-bond donors (Lipinski definition) is 2. The van der Waals surface area contributed by atoms with E-state index in [2.05, 4.69) is 34.9 Å². The van der Waals surface area contributed by atoms with Gasteiger partial charge >= 0.3 is 0 Å². The van der Waals surface area contributed by atoms with E-state index in [1.807, 2.05) is 14.0 Å². The van der Waals surface area contributed by atoms with Crippen molar-refractivity contribution in [1.82, 2.24) is 10.6 Å². The molecule has 1 aliphatic carbocycles. The zero-order chi connectivity index (χ0) is 15.1. The van der Waals surface area contributed by atoms with Gasteiger partial charge in [-0.3, -0.25) is 4.79 Å². The molecule has 0 aromatic heterocycles. The summed E-state index contributed by atoms with van der Waals surface area (Å²) >= 11 is 1.64. The van der Waals surface area contributed by atoms with Crippen LogP contribution in [0.3, 0.4) is 0 Å². The van der Waals surface area contributed by atoms with Gasteiger partial charge in [0.05, 0.1) is 5.25 Å². The number of amides is 1. The third-order valence-electron chi connectivity index (χ3n) is 3.91. The molecular weight excluding hydrogens is 280 g/mol. The predicted octanol–water partition coefficient (Wildman–Crippen LogP) is 3.34. The van der Waals surface area contributed by atoms with Gasteiger partial charge in [-0.15, -0.1) is 11.8 Å². The third-order valence-corrected chi connectivity index (χ3v) is 5.01. The minimum Gasteiger partial charge on any atom is -0.352 e. The molecule has 1 fully saturated rings. The summed E-state index contributed by atoms with van der Waals surface area (Å²) in [6.07, 6.45) is 6.09. The number of hydrogen-bond acceptors (Lipinski definition) is 3. The second-order valence-electron chi connectivity index (χ2n) is 5.78. The summed E-state index contributed by atoms with van der Waals surface area (Å²) in [6.45, 7) is 2.85. The summed E-state index contributed by atoms with van der Waals surface area (Å²) in [5, 5.41) is 6.31. The van der Waals surface area contributed by atoms with Crippen molar-refractivity contribution < 1.29 is 4.79 Å². The normalized spacial score (nSPS) is 17.4. The van der Waals surface area contributed by atoms with Crippen molar-refractivity contribution >= 4 is 17.7 Å². The molecule has 1 aromatic rings. The molecule has 21 heavy (non-hydrogen) atoms. The monoisotopic (exact) mass is 306 g/mol. The van der Waals surface area contributed by atoms with Crippen LogP contribution in [0.5, 0.6) is 0 Å². The Labute approximate surface area is 132 Å². The summed E-state index contributed by atoms with van der Waals surface area (Å²) in [5.41, 5.74) is 1.25. The fourth-order valence-corrected chi connectivity index (χ4v) is 3.72. The van der Waals surface area contributed by atoms with Gasteiger partial charge in [-0.1, -0.05) is 31.4 Å². The maximum Gasteiger partial charge on any atom is 0.233 e. The van der Waals surface area contributed by atoms with Crippen molar-refractivity contribution in [3.63, 3.8) is 0 Å². The first-order valence-corrected chi connectivity index (χ1v) is 8.77. The number of rotatable bonds is 6. The number of carbonyl (C=O) groups excluding carboxylic acids is 1. The van der Waals surface area contributed by atoms with E-state index in [9.17, 15) is 4.79 Å². The Balaban J connectivity index is 1.86. The topological polar surface area (TPSA) is 41.1 Å². The second-order valence-corrected chi connectivity index (χ2v) is 7.20. The van der Waals surface area contributed by atoms with E-state index in [0.29, 0.717) is 6.04 Å². The first kappa shape index (κ1) is 16.4. The Morgan fingerprint density at radius 1 is 1.33 bits per heavy atom. The van der Waals surface area contributed by atoms with E-state index in [1.54, 1.807) is 11.8 Å². The summed E-state index contributed by atoms with van der Waals surface area (Å²) in [5.74, 6) is 0.172. The van der Waals surface area contributed by atoms with Gasteiger partial charge < -0.3 is 10.6 Å². The first-order chi connectivity index (χ1) is 10.2. The molecular formula is C17H26N2OS. The fourth-order valence-electron chi connectivity index (χ4n) is 2.76. The Hall–Kier alpha value is -1.00. The van der Waals surface area contributed by atoms with Crippen LogP contribution in [0.1, 0.15) is 44.6 Å². The quantitative estimate of drug-likeness (QED) is 0.792. The molecule has 1 aromatic carbocycles. The molecule has 2 rings (SSSR count). The van der Waals surface area contributed by atoms with Crippen LogP contribution in [0, 0.1) is 0 Å². The van der Waals surface area contributed by atoms with Gasteiger partial charge in [-0.25, -0.2) is 0 Å². The number of carbonyl (C=O) groups is 1. The molecule has 0 heterocycles. The van der Waals surface area contributed by atoms with Gasteiger partial charge in [-0.05, 0) is 44.5 Å². The summed E-state index contributed by atoms with van der Waals surface area (Å²) in [6, 6.07) is 8.79. The van der Waals surface area contributed by atoms with Crippen LogP contribution >= 0.6 is 11.8 Å². The Kier molecular flexibility index (Phi) is 6.58. The van der Waals surface area contributed by atoms with Gasteiger partial charge in [0.15, 0.2) is 0 Å². The molecule has 0 radical (unpaired) electrons. The molecule has 1 unspecified atom stereocenters. The van der Waals surface area contributed by atoms with Crippen molar-refractivity contribution in [2.75, 3.05) is 7.05 Å². The minimum atomic E-state index is -0.0447. The fraction of sp³-hybridized carbons (Fsp3) is 0.588. The van der Waals surface area contributed by atoms with E-state index in [1.165, 1.54) is 24.8 Å². The lowest BCUT2D eigenvalue weighted by atomic mass is 9.95. The highest BCUT2D eigenvalue weighted by Crippen LogP contribution is 2.25. The Morgan fingerprint density at radius 2 is 2.10 bits per heavy atom. The van der Waals surface area contributed by atoms with Crippen molar-refractivity contribution in [1.29, 1.82) is 0 Å². The summed E-state index contributed by atoms with van der Waals surface area (Å²) in [4.78, 5) is 13.4. The number of benzene rings is 1. The largest absolute Gasteiger partial charge is 0.352 e. The van der Waals surface area contributed by atoms with Crippen LogP contribution in [-0.4, -0.2) is 24.2 Å². The van der Waals surface area contributed by atoms with E-state index >= 15 is 0 Å². The summed E-state index contributed by atoms with van der Waals surface area (Å²) < 4.78 is 0. The SMILES string of the molecule is CNCc1cccc(SC(C)C(=O)NC2CCCCC2)c1. The van der Waals surface area contributed by atoms with Crippen LogP contribution in [0.25, 0.3) is 0 Å². The highest BCUT2D eigenvalue weighted by Gasteiger charge is 2.20. The smallest absolute Gasteiger partial charge is 0.233 e. The van der Waals surface area contributed by atoms with E-state index in [4.69, 9.17) is 0 Å². The lowest BCUT2D eigenvalue weighted by Crippen LogP contribution is -2.40. The van der Waals surface area contributed by atoms with Crippen molar-refractivity contribution in [3.8, 4) is 0 Å². The van der Waals surface area contributed by atoms with E-state index < -0.39 is 0 Å². The predicted molar refractivity (Wildman–Crippen MR) is 89.5 cm³/mol. The average molecular weight is 306 g/mol. The van der Waals surface area contributed by atoms with Crippen molar-refractivity contribution in [2.45, 2.75) is 61.8 Å². The molecule has 0 aliphatic heterocycles. The van der Waals surface area contributed by atoms with Gasteiger partial charge in [0.2, 0.25) is 5.91 Å². The van der Waals surface area contributed by atoms with Gasteiger partial charge in [0, 0.05) is 17.5 Å². The zero-order valence-electron chi connectivity index (χ0n) is 13.0. The molecule has 1 atom stereocenters. The molecule has 0 saturated heterocycles. The molecule has 0 spiro atoms. The molecule has 1 amide bonds. The zero-order valence-corrected chi connectivity index (χ0v) is 13.8. The second kappa shape index (κ2) is 8.44. The Morgan fingerprint density at radius 3 is 2.81 bits per heavy atom. The summed E-state index contributed by atoms with van der Waals surface area (Å²) in [7, 11) is 1.94. The lowest BCUT2D eigenvalue weighted by molar-refractivity contribution is -0.121. The first-order valence-electron chi connectivity index (χ1n) is 7.89. The average Bonchev–Trinajstić information content (AvgIpc) is 2.49. The standard InChI is InChI=1S/C17H26N2OS/c1-13(17(20)19-15-8-4-3-5-9-15)21-16-10-6-7-14(11-16)12-18-2/h6-7,10-11,13,15,18H,3-5,8-9,12H2,1-2H3,(H,19,20). The van der Waals surface area contributed by atoms with Crippen LogP contribution in [0.15, 0.2) is 29.2 Å². The molecule has 116 valence electrons. The maximum absolute atomic E-state index is 12.3. The van der Waals surface area contributed by atoms with Crippen molar-refractivity contribution in [2.24, 2.45) is 0 Å². The van der Waals surface area contributed by atoms with E-state index in [0.717, 1.165) is 24.3 Å². The molecule has 1 aliphatic rings. The number of thioether (sulfide) groups is 1. The molecule has 4 heteroatoms. The van der Waals surface area contributed by atoms with Crippen LogP contribution in [0.2, 0.25) is 0 Å². The van der Waals surface area contributed by atoms with Gasteiger partial charge in [0.1, 0.15) is 0 Å². The molecule has 1 saturated carbocycles. The van der Waals surface area contributed by atoms with Gasteiger partial charge in [-0.2, -0.15) is 0 Å². The Bertz CT molecular complexity index is 458. The van der Waals surface area contributed by atoms with Crippen molar-refractivity contribution in [3.05, 3.63) is 29.8 Å². The highest BCUT2D eigenvalue weighted by molar-refractivity contribution is 8.00. The molecule has 2 N–H and O–H groups in total. The molecule has 3 nitrogen and oxygen atoms in total. The lowest BCUT2D eigenvalue weighted by Gasteiger charge is -2.24. The maximum atomic E-state index is 12.3. The third kappa shape index (κ3) is 5.36. The van der Waals surface area contributed by atoms with Gasteiger partial charge in [0.25, 0.3) is 0 Å². The van der Waals surface area contributed by atoms with Crippen LogP contribution < -0.4 is 10.6 Å². The number of nitrogens with one attached hydrogen (secondary N) is 2. The minimum absolute atomic E-state index is 0.0447. The van der Waals surface area contributed by atoms with E-state index in [-0.39, 0.29) is 11.2 Å². The van der Waals surface area contributed by atoms with Crippen LogP contribution in [0.4, 0.5) is 0 Å². The highest BCUT2D eigenvalue weighted by atomic mass is 32.2. The van der Waals surface area contributed by atoms with Crippen LogP contribution in [-0.2, 0) is 11.3 Å². The molecule has 0 bridgehead atoms.